The summed E-state index contributed by atoms with van der Waals surface area (Å²) in [6.45, 7) is 12.5. The molecule has 7 heteroatoms. The second kappa shape index (κ2) is 8.26. The zero-order valence-electron chi connectivity index (χ0n) is 17.4. The standard InChI is InChI=1S/C22H27N3O3S/c1-14-11-15(2)20-19(12-14)23-22(29-20)25(6-5-24-7-9-27-10-8-24)21(26)18-13-16(3)28-17(18)4/h11-13H,5-10H2,1-4H3. The quantitative estimate of drug-likeness (QED) is 0.630. The molecule has 0 aliphatic carbocycles. The third kappa shape index (κ3) is 4.22. The summed E-state index contributed by atoms with van der Waals surface area (Å²) in [4.78, 5) is 22.4. The number of amides is 1. The van der Waals surface area contributed by atoms with Gasteiger partial charge in [0.05, 0.1) is 29.0 Å². The van der Waals surface area contributed by atoms with Gasteiger partial charge in [0.25, 0.3) is 5.91 Å². The number of hydrogen-bond acceptors (Lipinski definition) is 6. The lowest BCUT2D eigenvalue weighted by molar-refractivity contribution is 0.0391. The van der Waals surface area contributed by atoms with Crippen LogP contribution in [0.5, 0.6) is 0 Å². The number of aryl methyl sites for hydroxylation is 4. The maximum atomic E-state index is 13.5. The van der Waals surface area contributed by atoms with Crippen LogP contribution in [0, 0.1) is 27.7 Å². The molecular formula is C22H27N3O3S. The highest BCUT2D eigenvalue weighted by molar-refractivity contribution is 7.22. The Labute approximate surface area is 175 Å². The molecule has 0 unspecified atom stereocenters. The van der Waals surface area contributed by atoms with E-state index in [1.165, 1.54) is 11.1 Å². The number of carbonyl (C=O) groups excluding carboxylic acids is 1. The van der Waals surface area contributed by atoms with E-state index in [0.717, 1.165) is 54.0 Å². The highest BCUT2D eigenvalue weighted by atomic mass is 32.1. The fraction of sp³-hybridized carbons (Fsp3) is 0.455. The lowest BCUT2D eigenvalue weighted by Crippen LogP contribution is -2.43. The Morgan fingerprint density at radius 3 is 2.62 bits per heavy atom. The van der Waals surface area contributed by atoms with Crippen LogP contribution in [0.3, 0.4) is 0 Å². The van der Waals surface area contributed by atoms with Crippen molar-refractivity contribution in [3.8, 4) is 0 Å². The number of rotatable bonds is 5. The first-order valence-electron chi connectivity index (χ1n) is 9.99. The van der Waals surface area contributed by atoms with Gasteiger partial charge in [-0.3, -0.25) is 14.6 Å². The second-order valence-corrected chi connectivity index (χ2v) is 8.64. The Hall–Kier alpha value is -2.22. The molecule has 29 heavy (non-hydrogen) atoms. The Bertz CT molecular complexity index is 1030. The van der Waals surface area contributed by atoms with Gasteiger partial charge in [-0.15, -0.1) is 0 Å². The van der Waals surface area contributed by atoms with Crippen LogP contribution in [0.1, 0.15) is 33.0 Å². The molecule has 3 heterocycles. The first-order chi connectivity index (χ1) is 13.9. The van der Waals surface area contributed by atoms with E-state index in [0.29, 0.717) is 17.9 Å². The molecule has 4 rings (SSSR count). The Morgan fingerprint density at radius 2 is 1.93 bits per heavy atom. The van der Waals surface area contributed by atoms with Gasteiger partial charge in [0.2, 0.25) is 0 Å². The van der Waals surface area contributed by atoms with Crippen LogP contribution in [-0.4, -0.2) is 55.2 Å². The van der Waals surface area contributed by atoms with Gasteiger partial charge in [-0.1, -0.05) is 17.4 Å². The smallest absolute Gasteiger partial charge is 0.263 e. The number of aromatic nitrogens is 1. The van der Waals surface area contributed by atoms with E-state index in [1.807, 2.05) is 24.8 Å². The van der Waals surface area contributed by atoms with Crippen molar-refractivity contribution in [1.82, 2.24) is 9.88 Å². The number of fused-ring (bicyclic) bond motifs is 1. The Balaban J connectivity index is 1.68. The third-order valence-electron chi connectivity index (χ3n) is 5.30. The second-order valence-electron chi connectivity index (χ2n) is 7.66. The van der Waals surface area contributed by atoms with Gasteiger partial charge >= 0.3 is 0 Å². The van der Waals surface area contributed by atoms with Crippen LogP contribution in [-0.2, 0) is 4.74 Å². The molecule has 1 amide bonds. The van der Waals surface area contributed by atoms with E-state index in [4.69, 9.17) is 14.1 Å². The number of morpholine rings is 1. The summed E-state index contributed by atoms with van der Waals surface area (Å²) in [6.07, 6.45) is 0. The molecule has 1 aliphatic heterocycles. The highest BCUT2D eigenvalue weighted by Crippen LogP contribution is 2.33. The predicted octanol–water partition coefficient (Wildman–Crippen LogP) is 4.10. The number of furan rings is 1. The minimum atomic E-state index is -0.0546. The largest absolute Gasteiger partial charge is 0.466 e. The summed E-state index contributed by atoms with van der Waals surface area (Å²) in [5.74, 6) is 1.34. The Morgan fingerprint density at radius 1 is 1.17 bits per heavy atom. The lowest BCUT2D eigenvalue weighted by Gasteiger charge is -2.29. The van der Waals surface area contributed by atoms with E-state index in [-0.39, 0.29) is 5.91 Å². The molecule has 1 aliphatic rings. The first kappa shape index (κ1) is 20.1. The first-order valence-corrected chi connectivity index (χ1v) is 10.8. The molecular weight excluding hydrogens is 386 g/mol. The SMILES string of the molecule is Cc1cc(C)c2sc(N(CCN3CCOCC3)C(=O)c3cc(C)oc3C)nc2c1. The van der Waals surface area contributed by atoms with Crippen LogP contribution in [0.25, 0.3) is 10.2 Å². The minimum Gasteiger partial charge on any atom is -0.466 e. The topological polar surface area (TPSA) is 58.8 Å². The number of carbonyl (C=O) groups is 1. The van der Waals surface area contributed by atoms with Crippen LogP contribution in [0.2, 0.25) is 0 Å². The number of nitrogens with zero attached hydrogens (tertiary/aromatic N) is 3. The van der Waals surface area contributed by atoms with Crippen molar-refractivity contribution >= 4 is 32.6 Å². The van der Waals surface area contributed by atoms with E-state index in [2.05, 4.69) is 30.9 Å². The molecule has 3 aromatic rings. The molecule has 0 N–H and O–H groups in total. The fourth-order valence-corrected chi connectivity index (χ4v) is 4.86. The van der Waals surface area contributed by atoms with Crippen molar-refractivity contribution in [2.75, 3.05) is 44.3 Å². The summed E-state index contributed by atoms with van der Waals surface area (Å²) >= 11 is 1.58. The highest BCUT2D eigenvalue weighted by Gasteiger charge is 2.26. The van der Waals surface area contributed by atoms with Crippen molar-refractivity contribution < 1.29 is 13.9 Å². The maximum absolute atomic E-state index is 13.5. The lowest BCUT2D eigenvalue weighted by atomic mass is 10.1. The monoisotopic (exact) mass is 413 g/mol. The summed E-state index contributed by atoms with van der Waals surface area (Å²) in [5, 5.41) is 0.741. The van der Waals surface area contributed by atoms with Crippen molar-refractivity contribution in [3.63, 3.8) is 0 Å². The van der Waals surface area contributed by atoms with E-state index in [1.54, 1.807) is 11.3 Å². The van der Waals surface area contributed by atoms with Crippen molar-refractivity contribution in [2.24, 2.45) is 0 Å². The molecule has 154 valence electrons. The molecule has 0 saturated carbocycles. The van der Waals surface area contributed by atoms with Crippen LogP contribution in [0.15, 0.2) is 22.6 Å². The molecule has 0 spiro atoms. The predicted molar refractivity (Wildman–Crippen MR) is 116 cm³/mol. The van der Waals surface area contributed by atoms with E-state index in [9.17, 15) is 4.79 Å². The van der Waals surface area contributed by atoms with Crippen LogP contribution >= 0.6 is 11.3 Å². The van der Waals surface area contributed by atoms with Crippen LogP contribution in [0.4, 0.5) is 5.13 Å². The van der Waals surface area contributed by atoms with Gasteiger partial charge in [-0.2, -0.15) is 0 Å². The van der Waals surface area contributed by atoms with Crippen molar-refractivity contribution in [1.29, 1.82) is 0 Å². The molecule has 1 saturated heterocycles. The molecule has 2 aromatic heterocycles. The summed E-state index contributed by atoms with van der Waals surface area (Å²) in [6, 6.07) is 6.07. The summed E-state index contributed by atoms with van der Waals surface area (Å²) in [7, 11) is 0. The zero-order chi connectivity index (χ0) is 20.5. The fourth-order valence-electron chi connectivity index (χ4n) is 3.82. The number of benzene rings is 1. The van der Waals surface area contributed by atoms with Crippen LogP contribution < -0.4 is 4.90 Å². The summed E-state index contributed by atoms with van der Waals surface area (Å²) in [5.41, 5.74) is 3.93. The average Bonchev–Trinajstić information content (AvgIpc) is 3.25. The number of anilines is 1. The molecule has 1 fully saturated rings. The van der Waals surface area contributed by atoms with Crippen molar-refractivity contribution in [3.05, 3.63) is 46.4 Å². The molecule has 6 nitrogen and oxygen atoms in total. The molecule has 0 bridgehead atoms. The van der Waals surface area contributed by atoms with E-state index >= 15 is 0 Å². The number of ether oxygens (including phenoxy) is 1. The van der Waals surface area contributed by atoms with Gasteiger partial charge in [-0.25, -0.2) is 4.98 Å². The molecule has 0 radical (unpaired) electrons. The van der Waals surface area contributed by atoms with Gasteiger partial charge in [-0.05, 0) is 51.0 Å². The van der Waals surface area contributed by atoms with Gasteiger partial charge in [0.1, 0.15) is 11.5 Å². The number of thiazole rings is 1. The molecule has 0 atom stereocenters. The minimum absolute atomic E-state index is 0.0546. The van der Waals surface area contributed by atoms with Crippen molar-refractivity contribution in [2.45, 2.75) is 27.7 Å². The van der Waals surface area contributed by atoms with Gasteiger partial charge in [0, 0.05) is 26.2 Å². The van der Waals surface area contributed by atoms with Gasteiger partial charge in [0.15, 0.2) is 5.13 Å². The normalized spacial score (nSPS) is 15.2. The average molecular weight is 414 g/mol. The Kier molecular flexibility index (Phi) is 5.72. The number of hydrogen-bond donors (Lipinski definition) is 0. The zero-order valence-corrected chi connectivity index (χ0v) is 18.3. The summed E-state index contributed by atoms with van der Waals surface area (Å²) < 4.78 is 12.2. The van der Waals surface area contributed by atoms with E-state index < -0.39 is 0 Å². The third-order valence-corrected chi connectivity index (χ3v) is 6.53. The maximum Gasteiger partial charge on any atom is 0.263 e. The molecule has 1 aromatic carbocycles. The van der Waals surface area contributed by atoms with Gasteiger partial charge < -0.3 is 9.15 Å².